The molecular formula is C9H12NO2S. The lowest BCUT2D eigenvalue weighted by atomic mass is 10.2. The summed E-state index contributed by atoms with van der Waals surface area (Å²) in [6, 6.07) is 6.95. The molecule has 0 saturated heterocycles. The summed E-state index contributed by atoms with van der Waals surface area (Å²) in [5.41, 5.74) is 1.35. The van der Waals surface area contributed by atoms with Gasteiger partial charge in [-0.25, -0.2) is 8.42 Å². The van der Waals surface area contributed by atoms with Crippen molar-refractivity contribution in [3.8, 4) is 0 Å². The third kappa shape index (κ3) is 3.06. The van der Waals surface area contributed by atoms with Gasteiger partial charge in [-0.3, -0.25) is 4.72 Å². The predicted octanol–water partition coefficient (Wildman–Crippen LogP) is 1.63. The van der Waals surface area contributed by atoms with E-state index in [1.807, 2.05) is 6.07 Å². The van der Waals surface area contributed by atoms with Gasteiger partial charge in [-0.2, -0.15) is 0 Å². The Morgan fingerprint density at radius 2 is 2.15 bits per heavy atom. The Kier molecular flexibility index (Phi) is 2.93. The summed E-state index contributed by atoms with van der Waals surface area (Å²) in [6.07, 6.45) is 0. The Morgan fingerprint density at radius 3 is 2.69 bits per heavy atom. The molecule has 71 valence electrons. The van der Waals surface area contributed by atoms with Crippen molar-refractivity contribution >= 4 is 15.7 Å². The number of nitrogens with one attached hydrogen (secondary N) is 1. The standard InChI is InChI=1S/C9H12NO2S/c1-3-13(11,12)10-9-6-4-5-8(2)7-9/h4-7,10H,2-3H2,1H3. The molecule has 1 radical (unpaired) electrons. The highest BCUT2D eigenvalue weighted by Crippen LogP contribution is 2.11. The van der Waals surface area contributed by atoms with E-state index in [1.165, 1.54) is 0 Å². The van der Waals surface area contributed by atoms with Crippen LogP contribution in [-0.4, -0.2) is 14.2 Å². The van der Waals surface area contributed by atoms with Crippen LogP contribution >= 0.6 is 0 Å². The number of anilines is 1. The van der Waals surface area contributed by atoms with Gasteiger partial charge in [0.15, 0.2) is 0 Å². The molecule has 0 amide bonds. The highest BCUT2D eigenvalue weighted by atomic mass is 32.2. The van der Waals surface area contributed by atoms with Crippen molar-refractivity contribution < 1.29 is 8.42 Å². The number of benzene rings is 1. The zero-order valence-electron chi connectivity index (χ0n) is 7.45. The third-order valence-electron chi connectivity index (χ3n) is 1.58. The Balaban J connectivity index is 2.87. The van der Waals surface area contributed by atoms with Gasteiger partial charge in [-0.05, 0) is 31.5 Å². The first kappa shape index (κ1) is 10.1. The minimum atomic E-state index is -3.17. The van der Waals surface area contributed by atoms with Crippen LogP contribution in [0.25, 0.3) is 0 Å². The van der Waals surface area contributed by atoms with Crippen LogP contribution in [-0.2, 0) is 10.0 Å². The summed E-state index contributed by atoms with van der Waals surface area (Å²) in [5, 5.41) is 0. The molecule has 4 heteroatoms. The largest absolute Gasteiger partial charge is 0.284 e. The van der Waals surface area contributed by atoms with E-state index in [0.29, 0.717) is 5.69 Å². The summed E-state index contributed by atoms with van der Waals surface area (Å²) in [5.74, 6) is 0.0777. The minimum absolute atomic E-state index is 0.0777. The highest BCUT2D eigenvalue weighted by Gasteiger charge is 2.05. The molecule has 0 aliphatic heterocycles. The van der Waals surface area contributed by atoms with Gasteiger partial charge in [0.25, 0.3) is 0 Å². The molecule has 0 saturated carbocycles. The molecule has 1 N–H and O–H groups in total. The van der Waals surface area contributed by atoms with Gasteiger partial charge >= 0.3 is 0 Å². The van der Waals surface area contributed by atoms with Crippen molar-refractivity contribution in [3.63, 3.8) is 0 Å². The van der Waals surface area contributed by atoms with Crippen molar-refractivity contribution in [2.75, 3.05) is 10.5 Å². The van der Waals surface area contributed by atoms with E-state index >= 15 is 0 Å². The number of hydrogen-bond acceptors (Lipinski definition) is 2. The van der Waals surface area contributed by atoms with Crippen LogP contribution in [0.5, 0.6) is 0 Å². The van der Waals surface area contributed by atoms with Gasteiger partial charge in [0, 0.05) is 5.69 Å². The second-order valence-electron chi connectivity index (χ2n) is 2.71. The summed E-state index contributed by atoms with van der Waals surface area (Å²) >= 11 is 0. The molecule has 0 spiro atoms. The topological polar surface area (TPSA) is 46.2 Å². The first-order chi connectivity index (χ1) is 6.03. The van der Waals surface area contributed by atoms with E-state index in [2.05, 4.69) is 11.6 Å². The van der Waals surface area contributed by atoms with Crippen LogP contribution in [0, 0.1) is 6.92 Å². The zero-order chi connectivity index (χ0) is 9.90. The average Bonchev–Trinajstić information content (AvgIpc) is 2.03. The lowest BCUT2D eigenvalue weighted by molar-refractivity contribution is 0.602. The van der Waals surface area contributed by atoms with Crippen LogP contribution in [0.2, 0.25) is 0 Å². The second kappa shape index (κ2) is 3.79. The van der Waals surface area contributed by atoms with E-state index in [4.69, 9.17) is 0 Å². The maximum atomic E-state index is 11.1. The SMILES string of the molecule is [CH2]c1cccc(NS(=O)(=O)CC)c1. The maximum Gasteiger partial charge on any atom is 0.232 e. The van der Waals surface area contributed by atoms with Gasteiger partial charge in [-0.1, -0.05) is 12.1 Å². The van der Waals surface area contributed by atoms with Crippen molar-refractivity contribution in [1.82, 2.24) is 0 Å². The molecule has 0 aliphatic carbocycles. The van der Waals surface area contributed by atoms with Crippen molar-refractivity contribution in [2.24, 2.45) is 0 Å². The molecule has 0 aliphatic rings. The van der Waals surface area contributed by atoms with E-state index in [0.717, 1.165) is 5.56 Å². The normalized spacial score (nSPS) is 11.2. The van der Waals surface area contributed by atoms with Crippen molar-refractivity contribution in [1.29, 1.82) is 0 Å². The summed E-state index contributed by atoms with van der Waals surface area (Å²) in [6.45, 7) is 5.30. The zero-order valence-corrected chi connectivity index (χ0v) is 8.26. The van der Waals surface area contributed by atoms with Crippen LogP contribution < -0.4 is 4.72 Å². The Morgan fingerprint density at radius 1 is 1.46 bits per heavy atom. The van der Waals surface area contributed by atoms with Crippen molar-refractivity contribution in [3.05, 3.63) is 36.8 Å². The number of sulfonamides is 1. The van der Waals surface area contributed by atoms with Crippen LogP contribution in [0.15, 0.2) is 24.3 Å². The van der Waals surface area contributed by atoms with Crippen LogP contribution in [0.4, 0.5) is 5.69 Å². The first-order valence-electron chi connectivity index (χ1n) is 3.96. The van der Waals surface area contributed by atoms with Gasteiger partial charge in [0.2, 0.25) is 10.0 Å². The van der Waals surface area contributed by atoms with Gasteiger partial charge < -0.3 is 0 Å². The second-order valence-corrected chi connectivity index (χ2v) is 4.72. The van der Waals surface area contributed by atoms with Crippen LogP contribution in [0.1, 0.15) is 12.5 Å². The van der Waals surface area contributed by atoms with Crippen LogP contribution in [0.3, 0.4) is 0 Å². The first-order valence-corrected chi connectivity index (χ1v) is 5.61. The van der Waals surface area contributed by atoms with Crippen molar-refractivity contribution in [2.45, 2.75) is 6.92 Å². The molecule has 0 atom stereocenters. The van der Waals surface area contributed by atoms with E-state index < -0.39 is 10.0 Å². The lowest BCUT2D eigenvalue weighted by Gasteiger charge is -2.05. The fraction of sp³-hybridized carbons (Fsp3) is 0.222. The molecule has 1 aromatic carbocycles. The van der Waals surface area contributed by atoms with E-state index in [-0.39, 0.29) is 5.75 Å². The Labute approximate surface area is 78.8 Å². The van der Waals surface area contributed by atoms with E-state index in [1.54, 1.807) is 25.1 Å². The lowest BCUT2D eigenvalue weighted by Crippen LogP contribution is -2.14. The quantitative estimate of drug-likeness (QED) is 0.802. The molecule has 13 heavy (non-hydrogen) atoms. The molecule has 1 aromatic rings. The van der Waals surface area contributed by atoms with Gasteiger partial charge in [-0.15, -0.1) is 0 Å². The molecule has 1 rings (SSSR count). The molecular weight excluding hydrogens is 186 g/mol. The number of rotatable bonds is 3. The van der Waals surface area contributed by atoms with E-state index in [9.17, 15) is 8.42 Å². The summed E-state index contributed by atoms with van der Waals surface area (Å²) < 4.78 is 24.7. The number of hydrogen-bond donors (Lipinski definition) is 1. The fourth-order valence-corrected chi connectivity index (χ4v) is 1.52. The Bertz CT molecular complexity index is 384. The average molecular weight is 198 g/mol. The molecule has 0 unspecified atom stereocenters. The highest BCUT2D eigenvalue weighted by molar-refractivity contribution is 7.92. The molecule has 0 fully saturated rings. The summed E-state index contributed by atoms with van der Waals surface area (Å²) in [7, 11) is -3.17. The predicted molar refractivity (Wildman–Crippen MR) is 54.0 cm³/mol. The molecule has 3 nitrogen and oxygen atoms in total. The minimum Gasteiger partial charge on any atom is -0.284 e. The fourth-order valence-electron chi connectivity index (χ4n) is 0.887. The van der Waals surface area contributed by atoms with Gasteiger partial charge in [0.1, 0.15) is 0 Å². The van der Waals surface area contributed by atoms with Gasteiger partial charge in [0.05, 0.1) is 5.75 Å². The smallest absolute Gasteiger partial charge is 0.232 e. The third-order valence-corrected chi connectivity index (χ3v) is 2.89. The Hall–Kier alpha value is -1.03. The molecule has 0 heterocycles. The monoisotopic (exact) mass is 198 g/mol. The maximum absolute atomic E-state index is 11.1. The molecule has 0 bridgehead atoms. The summed E-state index contributed by atoms with van der Waals surface area (Å²) in [4.78, 5) is 0. The molecule has 0 aromatic heterocycles.